The summed E-state index contributed by atoms with van der Waals surface area (Å²) in [7, 11) is 0. The Morgan fingerprint density at radius 3 is 2.57 bits per heavy atom. The van der Waals surface area contributed by atoms with E-state index < -0.39 is 0 Å². The van der Waals surface area contributed by atoms with Crippen molar-refractivity contribution in [1.82, 2.24) is 14.8 Å². The molecule has 0 atom stereocenters. The lowest BCUT2D eigenvalue weighted by Gasteiger charge is -2.07. The third-order valence-corrected chi connectivity index (χ3v) is 4.85. The molecule has 0 N–H and O–H groups in total. The molecule has 4 heteroatoms. The Balaban J connectivity index is 1.52. The number of hydrogen-bond acceptors (Lipinski definition) is 3. The van der Waals surface area contributed by atoms with Gasteiger partial charge in [-0.2, -0.15) is 5.10 Å². The van der Waals surface area contributed by atoms with Crippen LogP contribution in [0.15, 0.2) is 84.1 Å². The second-order valence-corrected chi connectivity index (χ2v) is 6.25. The van der Waals surface area contributed by atoms with Crippen LogP contribution in [-0.4, -0.2) is 14.8 Å². The molecule has 23 heavy (non-hydrogen) atoms. The van der Waals surface area contributed by atoms with Crippen LogP contribution in [-0.2, 0) is 5.75 Å². The third-order valence-electron chi connectivity index (χ3n) is 3.71. The van der Waals surface area contributed by atoms with Crippen molar-refractivity contribution in [2.45, 2.75) is 10.6 Å². The van der Waals surface area contributed by atoms with Gasteiger partial charge in [0.15, 0.2) is 0 Å². The van der Waals surface area contributed by atoms with Gasteiger partial charge in [-0.05, 0) is 35.9 Å². The fraction of sp³-hybridized carbons (Fsp3) is 0.0526. The molecule has 0 aliphatic heterocycles. The summed E-state index contributed by atoms with van der Waals surface area (Å²) >= 11 is 1.84. The van der Waals surface area contributed by atoms with Gasteiger partial charge >= 0.3 is 0 Å². The molecule has 112 valence electrons. The first-order valence-electron chi connectivity index (χ1n) is 7.46. The van der Waals surface area contributed by atoms with Gasteiger partial charge in [-0.25, -0.2) is 4.68 Å². The van der Waals surface area contributed by atoms with Gasteiger partial charge < -0.3 is 0 Å². The largest absolute Gasteiger partial charge is 0.256 e. The van der Waals surface area contributed by atoms with Crippen molar-refractivity contribution in [3.63, 3.8) is 0 Å². The minimum Gasteiger partial charge on any atom is -0.256 e. The summed E-state index contributed by atoms with van der Waals surface area (Å²) in [6, 6.07) is 20.8. The molecule has 2 heterocycles. The minimum atomic E-state index is 0.938. The summed E-state index contributed by atoms with van der Waals surface area (Å²) < 4.78 is 1.87. The average Bonchev–Trinajstić information content (AvgIpc) is 3.15. The monoisotopic (exact) mass is 317 g/mol. The van der Waals surface area contributed by atoms with Gasteiger partial charge in [-0.3, -0.25) is 4.98 Å². The van der Waals surface area contributed by atoms with Crippen molar-refractivity contribution in [2.24, 2.45) is 0 Å². The number of nitrogens with zero attached hydrogens (tertiary/aromatic N) is 3. The van der Waals surface area contributed by atoms with E-state index in [-0.39, 0.29) is 0 Å². The number of hydrogen-bond donors (Lipinski definition) is 0. The molecule has 0 unspecified atom stereocenters. The van der Waals surface area contributed by atoms with Crippen LogP contribution in [0.4, 0.5) is 0 Å². The van der Waals surface area contributed by atoms with Gasteiger partial charge in [0.2, 0.25) is 0 Å². The molecule has 4 rings (SSSR count). The van der Waals surface area contributed by atoms with Gasteiger partial charge in [0.1, 0.15) is 0 Å². The molecular formula is C19H15N3S. The molecular weight excluding hydrogens is 302 g/mol. The van der Waals surface area contributed by atoms with Crippen LogP contribution in [0.3, 0.4) is 0 Å². The molecule has 0 saturated carbocycles. The van der Waals surface area contributed by atoms with Crippen LogP contribution >= 0.6 is 11.8 Å². The molecule has 3 nitrogen and oxygen atoms in total. The molecule has 2 aromatic carbocycles. The lowest BCUT2D eigenvalue weighted by molar-refractivity contribution is 0.880. The first-order valence-corrected chi connectivity index (χ1v) is 8.44. The molecule has 0 aliphatic rings. The zero-order valence-electron chi connectivity index (χ0n) is 12.5. The van der Waals surface area contributed by atoms with E-state index >= 15 is 0 Å². The van der Waals surface area contributed by atoms with Crippen LogP contribution in [0, 0.1) is 0 Å². The van der Waals surface area contributed by atoms with Crippen LogP contribution in [0.1, 0.15) is 5.56 Å². The Morgan fingerprint density at radius 2 is 1.74 bits per heavy atom. The average molecular weight is 317 g/mol. The van der Waals surface area contributed by atoms with Crippen LogP contribution in [0.2, 0.25) is 0 Å². The Morgan fingerprint density at radius 1 is 0.870 bits per heavy atom. The number of para-hydroxylation sites is 1. The zero-order chi connectivity index (χ0) is 15.5. The maximum atomic E-state index is 4.41. The van der Waals surface area contributed by atoms with E-state index in [0.29, 0.717) is 0 Å². The Bertz CT molecular complexity index is 910. The van der Waals surface area contributed by atoms with Gasteiger partial charge in [-0.1, -0.05) is 30.3 Å². The molecule has 0 spiro atoms. The lowest BCUT2D eigenvalue weighted by atomic mass is 10.2. The summed E-state index contributed by atoms with van der Waals surface area (Å²) in [4.78, 5) is 5.68. The first kappa shape index (κ1) is 14.0. The molecule has 0 amide bonds. The second-order valence-electron chi connectivity index (χ2n) is 5.23. The van der Waals surface area contributed by atoms with Crippen molar-refractivity contribution < 1.29 is 0 Å². The smallest absolute Gasteiger partial charge is 0.0713 e. The molecule has 2 aromatic heterocycles. The number of pyridine rings is 1. The molecule has 0 fully saturated rings. The molecule has 0 radical (unpaired) electrons. The fourth-order valence-electron chi connectivity index (χ4n) is 2.52. The van der Waals surface area contributed by atoms with Gasteiger partial charge in [0.25, 0.3) is 0 Å². The maximum Gasteiger partial charge on any atom is 0.0713 e. The molecule has 4 aromatic rings. The molecule has 0 saturated heterocycles. The predicted molar refractivity (Wildman–Crippen MR) is 94.9 cm³/mol. The summed E-state index contributed by atoms with van der Waals surface area (Å²) in [6.07, 6.45) is 5.62. The highest BCUT2D eigenvalue weighted by molar-refractivity contribution is 7.98. The van der Waals surface area contributed by atoms with Crippen molar-refractivity contribution in [2.75, 3.05) is 0 Å². The number of aromatic nitrogens is 3. The van der Waals surface area contributed by atoms with E-state index in [4.69, 9.17) is 0 Å². The van der Waals surface area contributed by atoms with Crippen molar-refractivity contribution in [3.8, 4) is 5.69 Å². The Labute approximate surface area is 139 Å². The zero-order valence-corrected chi connectivity index (χ0v) is 13.3. The van der Waals surface area contributed by atoms with E-state index in [1.54, 1.807) is 6.20 Å². The summed E-state index contributed by atoms with van der Waals surface area (Å²) in [5.41, 5.74) is 3.43. The Kier molecular flexibility index (Phi) is 3.82. The van der Waals surface area contributed by atoms with Crippen LogP contribution in [0.5, 0.6) is 0 Å². The number of rotatable bonds is 4. The van der Waals surface area contributed by atoms with E-state index in [1.165, 1.54) is 15.8 Å². The van der Waals surface area contributed by atoms with Gasteiger partial charge in [-0.15, -0.1) is 11.8 Å². The van der Waals surface area contributed by atoms with E-state index in [9.17, 15) is 0 Å². The van der Waals surface area contributed by atoms with E-state index in [0.717, 1.165) is 17.0 Å². The van der Waals surface area contributed by atoms with Crippen molar-refractivity contribution in [1.29, 1.82) is 0 Å². The van der Waals surface area contributed by atoms with Crippen molar-refractivity contribution in [3.05, 3.63) is 84.8 Å². The number of fused-ring (bicyclic) bond motifs is 1. The predicted octanol–water partition coefficient (Wildman–Crippen LogP) is 4.71. The van der Waals surface area contributed by atoms with Crippen LogP contribution < -0.4 is 0 Å². The maximum absolute atomic E-state index is 4.41. The number of benzene rings is 2. The highest BCUT2D eigenvalue weighted by Gasteiger charge is 2.03. The minimum absolute atomic E-state index is 0.938. The van der Waals surface area contributed by atoms with Crippen molar-refractivity contribution >= 4 is 22.7 Å². The SMILES string of the molecule is c1ccc2c(SCc3ccc(-n4cccn4)cc3)ccnc2c1. The third kappa shape index (κ3) is 2.98. The van der Waals surface area contributed by atoms with E-state index in [1.807, 2.05) is 41.0 Å². The second kappa shape index (κ2) is 6.26. The molecule has 0 bridgehead atoms. The summed E-state index contributed by atoms with van der Waals surface area (Å²) in [5.74, 6) is 0.938. The highest BCUT2D eigenvalue weighted by atomic mass is 32.2. The van der Waals surface area contributed by atoms with Crippen LogP contribution in [0.25, 0.3) is 16.6 Å². The number of thioether (sulfide) groups is 1. The van der Waals surface area contributed by atoms with Gasteiger partial charge in [0, 0.05) is 34.6 Å². The summed E-state index contributed by atoms with van der Waals surface area (Å²) in [6.45, 7) is 0. The Hall–Kier alpha value is -2.59. The van der Waals surface area contributed by atoms with E-state index in [2.05, 4.69) is 58.6 Å². The molecule has 0 aliphatic carbocycles. The van der Waals surface area contributed by atoms with Gasteiger partial charge in [0.05, 0.1) is 11.2 Å². The first-order chi connectivity index (χ1) is 11.4. The highest BCUT2D eigenvalue weighted by Crippen LogP contribution is 2.29. The quantitative estimate of drug-likeness (QED) is 0.511. The fourth-order valence-corrected chi connectivity index (χ4v) is 3.52. The normalized spacial score (nSPS) is 11.0. The lowest BCUT2D eigenvalue weighted by Crippen LogP contribution is -1.94. The topological polar surface area (TPSA) is 30.7 Å². The standard InChI is InChI=1S/C19H15N3S/c1-2-5-18-17(4-1)19(10-12-20-18)23-14-15-6-8-16(9-7-15)22-13-3-11-21-22/h1-13H,14H2. The summed E-state index contributed by atoms with van der Waals surface area (Å²) in [5, 5.41) is 5.46.